The van der Waals surface area contributed by atoms with Crippen LogP contribution in [0.4, 0.5) is 0 Å². The highest BCUT2D eigenvalue weighted by Gasteiger charge is 2.38. The zero-order valence-corrected chi connectivity index (χ0v) is 17.4. The SMILES string of the molecule is CC1=NC(C)=C(C(=O)OC(C)C)C(c2cccc(Cl)c2Cl)C1=C1NN=CC1=O. The van der Waals surface area contributed by atoms with Crippen molar-refractivity contribution in [2.75, 3.05) is 0 Å². The van der Waals surface area contributed by atoms with Crippen LogP contribution in [-0.4, -0.2) is 29.8 Å². The maximum atomic E-state index is 13.0. The fourth-order valence-electron chi connectivity index (χ4n) is 3.32. The largest absolute Gasteiger partial charge is 0.460 e. The number of allylic oxidation sites excluding steroid dienone is 3. The van der Waals surface area contributed by atoms with Gasteiger partial charge in [0.2, 0.25) is 5.78 Å². The van der Waals surface area contributed by atoms with Gasteiger partial charge in [0.05, 0.1) is 27.9 Å². The molecule has 3 rings (SSSR count). The lowest BCUT2D eigenvalue weighted by Crippen LogP contribution is -2.29. The minimum absolute atomic E-state index is 0.254. The molecule has 1 unspecified atom stereocenters. The lowest BCUT2D eigenvalue weighted by Gasteiger charge is -2.30. The van der Waals surface area contributed by atoms with E-state index in [1.165, 1.54) is 6.21 Å². The van der Waals surface area contributed by atoms with Gasteiger partial charge in [-0.3, -0.25) is 15.2 Å². The highest BCUT2D eigenvalue weighted by Crippen LogP contribution is 2.44. The number of carbonyl (C=O) groups is 2. The molecule has 1 aromatic rings. The van der Waals surface area contributed by atoms with Gasteiger partial charge in [-0.25, -0.2) is 4.79 Å². The third-order valence-electron chi connectivity index (χ3n) is 4.42. The second-order valence-corrected chi connectivity index (χ2v) is 7.53. The van der Waals surface area contributed by atoms with Gasteiger partial charge in [-0.2, -0.15) is 5.10 Å². The van der Waals surface area contributed by atoms with Crippen molar-refractivity contribution in [1.29, 1.82) is 0 Å². The number of Topliss-reactive ketones (excluding diaryl/α,β-unsaturated/α-hetero) is 1. The summed E-state index contributed by atoms with van der Waals surface area (Å²) in [5, 5.41) is 4.48. The van der Waals surface area contributed by atoms with Crippen molar-refractivity contribution in [1.82, 2.24) is 5.43 Å². The molecular weight excluding hydrogens is 401 g/mol. The number of hydrogen-bond donors (Lipinski definition) is 1. The second-order valence-electron chi connectivity index (χ2n) is 6.75. The molecule has 0 spiro atoms. The smallest absolute Gasteiger partial charge is 0.337 e. The minimum Gasteiger partial charge on any atom is -0.460 e. The van der Waals surface area contributed by atoms with E-state index in [1.54, 1.807) is 45.9 Å². The van der Waals surface area contributed by atoms with E-state index < -0.39 is 11.9 Å². The van der Waals surface area contributed by atoms with E-state index >= 15 is 0 Å². The van der Waals surface area contributed by atoms with Crippen molar-refractivity contribution >= 4 is 46.9 Å². The van der Waals surface area contributed by atoms with Crippen molar-refractivity contribution in [2.45, 2.75) is 39.7 Å². The monoisotopic (exact) mass is 419 g/mol. The molecule has 0 amide bonds. The Morgan fingerprint density at radius 1 is 1.25 bits per heavy atom. The molecule has 146 valence electrons. The summed E-state index contributed by atoms with van der Waals surface area (Å²) in [6.07, 6.45) is 0.866. The van der Waals surface area contributed by atoms with Gasteiger partial charge in [0, 0.05) is 22.9 Å². The Hall–Kier alpha value is -2.44. The summed E-state index contributed by atoms with van der Waals surface area (Å²) in [6.45, 7) is 7.03. The van der Waals surface area contributed by atoms with Gasteiger partial charge >= 0.3 is 5.97 Å². The molecule has 0 saturated carbocycles. The zero-order chi connectivity index (χ0) is 20.6. The van der Waals surface area contributed by atoms with Gasteiger partial charge < -0.3 is 4.74 Å². The van der Waals surface area contributed by atoms with Crippen LogP contribution >= 0.6 is 23.2 Å². The molecular formula is C20H19Cl2N3O3. The lowest BCUT2D eigenvalue weighted by atomic mass is 9.78. The van der Waals surface area contributed by atoms with Crippen molar-refractivity contribution in [3.8, 4) is 0 Å². The standard InChI is InChI=1S/C20H19Cl2N3O3/c1-9(2)28-20(27)16-11(4)24-10(3)15(19-14(26)8-23-25-19)17(16)12-6-5-7-13(21)18(12)22/h5-9,17,25H,1-4H3. The number of nitrogens with zero attached hydrogens (tertiary/aromatic N) is 2. The molecule has 0 aromatic heterocycles. The van der Waals surface area contributed by atoms with Gasteiger partial charge in [-0.05, 0) is 39.3 Å². The fourth-order valence-corrected chi connectivity index (χ4v) is 3.74. The zero-order valence-electron chi connectivity index (χ0n) is 15.8. The average Bonchev–Trinajstić information content (AvgIpc) is 3.01. The summed E-state index contributed by atoms with van der Waals surface area (Å²) in [5.41, 5.74) is 5.48. The quantitative estimate of drug-likeness (QED) is 0.588. The Bertz CT molecular complexity index is 990. The molecule has 2 heterocycles. The third kappa shape index (κ3) is 3.62. The molecule has 28 heavy (non-hydrogen) atoms. The first kappa shape index (κ1) is 20.3. The van der Waals surface area contributed by atoms with Crippen LogP contribution in [0.25, 0.3) is 0 Å². The molecule has 0 saturated heterocycles. The predicted molar refractivity (Wildman–Crippen MR) is 110 cm³/mol. The molecule has 0 radical (unpaired) electrons. The highest BCUT2D eigenvalue weighted by molar-refractivity contribution is 6.42. The molecule has 8 heteroatoms. The third-order valence-corrected chi connectivity index (χ3v) is 5.25. The molecule has 0 fully saturated rings. The maximum Gasteiger partial charge on any atom is 0.337 e. The Morgan fingerprint density at radius 3 is 2.57 bits per heavy atom. The topological polar surface area (TPSA) is 80.1 Å². The molecule has 1 N–H and O–H groups in total. The van der Waals surface area contributed by atoms with Crippen molar-refractivity contribution in [3.05, 3.63) is 56.3 Å². The van der Waals surface area contributed by atoms with E-state index in [1.807, 2.05) is 0 Å². The van der Waals surface area contributed by atoms with Crippen LogP contribution in [0.3, 0.4) is 0 Å². The first-order chi connectivity index (χ1) is 13.2. The van der Waals surface area contributed by atoms with E-state index in [-0.39, 0.29) is 17.6 Å². The van der Waals surface area contributed by atoms with E-state index in [4.69, 9.17) is 27.9 Å². The molecule has 1 atom stereocenters. The van der Waals surface area contributed by atoms with Crippen LogP contribution in [-0.2, 0) is 14.3 Å². The number of carbonyl (C=O) groups excluding carboxylic acids is 2. The first-order valence-electron chi connectivity index (χ1n) is 8.71. The molecule has 2 aliphatic heterocycles. The van der Waals surface area contributed by atoms with Crippen LogP contribution in [0.15, 0.2) is 50.8 Å². The van der Waals surface area contributed by atoms with Crippen LogP contribution < -0.4 is 5.43 Å². The first-order valence-corrected chi connectivity index (χ1v) is 9.46. The van der Waals surface area contributed by atoms with Gasteiger partial charge in [0.15, 0.2) is 0 Å². The Balaban J connectivity index is 2.30. The highest BCUT2D eigenvalue weighted by atomic mass is 35.5. The van der Waals surface area contributed by atoms with Crippen LogP contribution in [0.2, 0.25) is 10.0 Å². The van der Waals surface area contributed by atoms with Crippen LogP contribution in [0.1, 0.15) is 39.2 Å². The van der Waals surface area contributed by atoms with Crippen molar-refractivity contribution < 1.29 is 14.3 Å². The Morgan fingerprint density at radius 2 is 1.96 bits per heavy atom. The lowest BCUT2D eigenvalue weighted by molar-refractivity contribution is -0.143. The average molecular weight is 420 g/mol. The summed E-state index contributed by atoms with van der Waals surface area (Å²) >= 11 is 12.7. The predicted octanol–water partition coefficient (Wildman–Crippen LogP) is 4.19. The summed E-state index contributed by atoms with van der Waals surface area (Å²) in [7, 11) is 0. The number of hydrazone groups is 1. The number of halogens is 2. The summed E-state index contributed by atoms with van der Waals surface area (Å²) in [5.74, 6) is -1.50. The Labute approximate surface area is 173 Å². The van der Waals surface area contributed by atoms with Crippen molar-refractivity contribution in [3.63, 3.8) is 0 Å². The molecule has 0 aliphatic carbocycles. The molecule has 1 aromatic carbocycles. The molecule has 0 bridgehead atoms. The van der Waals surface area contributed by atoms with Crippen LogP contribution in [0.5, 0.6) is 0 Å². The minimum atomic E-state index is -0.678. The number of nitrogens with one attached hydrogen (secondary N) is 1. The number of ether oxygens (including phenoxy) is 1. The number of aliphatic imine (C=N–C) groups is 1. The molecule has 6 nitrogen and oxygen atoms in total. The summed E-state index contributed by atoms with van der Waals surface area (Å²) < 4.78 is 5.45. The number of ketones is 1. The molecule has 2 aliphatic rings. The number of hydrogen-bond acceptors (Lipinski definition) is 6. The van der Waals surface area contributed by atoms with Gasteiger partial charge in [0.1, 0.15) is 5.70 Å². The van der Waals surface area contributed by atoms with Gasteiger partial charge in [-0.1, -0.05) is 35.3 Å². The van der Waals surface area contributed by atoms with E-state index in [9.17, 15) is 9.59 Å². The Kier molecular flexibility index (Phi) is 5.72. The van der Waals surface area contributed by atoms with E-state index in [2.05, 4.69) is 15.5 Å². The number of esters is 1. The summed E-state index contributed by atoms with van der Waals surface area (Å²) in [6, 6.07) is 5.18. The van der Waals surface area contributed by atoms with E-state index in [0.29, 0.717) is 38.2 Å². The maximum absolute atomic E-state index is 13.0. The van der Waals surface area contributed by atoms with Gasteiger partial charge in [0.25, 0.3) is 0 Å². The van der Waals surface area contributed by atoms with Crippen LogP contribution in [0, 0.1) is 0 Å². The van der Waals surface area contributed by atoms with Gasteiger partial charge in [-0.15, -0.1) is 0 Å². The number of benzene rings is 1. The normalized spacial score (nSPS) is 21.9. The van der Waals surface area contributed by atoms with E-state index in [0.717, 1.165) is 0 Å². The number of rotatable bonds is 3. The van der Waals surface area contributed by atoms with Crippen molar-refractivity contribution in [2.24, 2.45) is 10.1 Å². The fraction of sp³-hybridized carbons (Fsp3) is 0.300. The second kappa shape index (κ2) is 7.89. The summed E-state index contributed by atoms with van der Waals surface area (Å²) in [4.78, 5) is 29.8.